The second kappa shape index (κ2) is 4.31. The Bertz CT molecular complexity index is 318. The van der Waals surface area contributed by atoms with Gasteiger partial charge >= 0.3 is 0 Å². The lowest BCUT2D eigenvalue weighted by atomic mass is 9.92. The standard InChI is InChI=1S/C11H20N4/c1-8(2)15-7-13-14-11(15)10-4-5-12-9(3)6-10/h7-10,12H,4-6H2,1-3H3. The molecule has 1 aromatic rings. The summed E-state index contributed by atoms with van der Waals surface area (Å²) in [6.45, 7) is 7.69. The molecule has 2 unspecified atom stereocenters. The first kappa shape index (κ1) is 10.6. The van der Waals surface area contributed by atoms with Crippen molar-refractivity contribution in [3.05, 3.63) is 12.2 Å². The molecule has 0 saturated carbocycles. The summed E-state index contributed by atoms with van der Waals surface area (Å²) in [4.78, 5) is 0. The molecule has 0 spiro atoms. The molecule has 1 aromatic heterocycles. The molecule has 1 aliphatic heterocycles. The van der Waals surface area contributed by atoms with Gasteiger partial charge in [0.2, 0.25) is 0 Å². The van der Waals surface area contributed by atoms with Crippen LogP contribution in [0, 0.1) is 0 Å². The molecule has 2 rings (SSSR count). The highest BCUT2D eigenvalue weighted by atomic mass is 15.3. The SMILES string of the molecule is CC1CC(c2nncn2C(C)C)CCN1. The van der Waals surface area contributed by atoms with Crippen LogP contribution in [0.3, 0.4) is 0 Å². The number of aromatic nitrogens is 3. The van der Waals surface area contributed by atoms with Gasteiger partial charge in [0.15, 0.2) is 0 Å². The van der Waals surface area contributed by atoms with Gasteiger partial charge in [-0.15, -0.1) is 10.2 Å². The van der Waals surface area contributed by atoms with E-state index >= 15 is 0 Å². The quantitative estimate of drug-likeness (QED) is 0.804. The van der Waals surface area contributed by atoms with Gasteiger partial charge in [0.1, 0.15) is 12.2 Å². The van der Waals surface area contributed by atoms with Crippen LogP contribution in [0.2, 0.25) is 0 Å². The van der Waals surface area contributed by atoms with Crippen molar-refractivity contribution < 1.29 is 0 Å². The van der Waals surface area contributed by atoms with E-state index in [1.807, 2.05) is 6.33 Å². The first-order valence-electron chi connectivity index (χ1n) is 5.81. The van der Waals surface area contributed by atoms with E-state index < -0.39 is 0 Å². The molecule has 84 valence electrons. The summed E-state index contributed by atoms with van der Waals surface area (Å²) in [5.41, 5.74) is 0. The molecule has 15 heavy (non-hydrogen) atoms. The molecule has 4 nitrogen and oxygen atoms in total. The van der Waals surface area contributed by atoms with E-state index in [0.717, 1.165) is 6.54 Å². The maximum absolute atomic E-state index is 4.28. The molecule has 0 aromatic carbocycles. The monoisotopic (exact) mass is 208 g/mol. The van der Waals surface area contributed by atoms with Crippen molar-refractivity contribution in [3.8, 4) is 0 Å². The third kappa shape index (κ3) is 2.20. The minimum Gasteiger partial charge on any atom is -0.315 e. The Hall–Kier alpha value is -0.900. The molecule has 0 amide bonds. The zero-order valence-electron chi connectivity index (χ0n) is 9.77. The van der Waals surface area contributed by atoms with Crippen LogP contribution in [0.4, 0.5) is 0 Å². The number of rotatable bonds is 2. The van der Waals surface area contributed by atoms with Gasteiger partial charge in [-0.25, -0.2) is 0 Å². The number of piperidine rings is 1. The third-order valence-corrected chi connectivity index (χ3v) is 3.15. The number of nitrogens with one attached hydrogen (secondary N) is 1. The van der Waals surface area contributed by atoms with Gasteiger partial charge in [0.05, 0.1) is 0 Å². The van der Waals surface area contributed by atoms with Gasteiger partial charge in [-0.05, 0) is 40.2 Å². The number of hydrogen-bond donors (Lipinski definition) is 1. The largest absolute Gasteiger partial charge is 0.315 e. The van der Waals surface area contributed by atoms with Crippen LogP contribution >= 0.6 is 0 Å². The summed E-state index contributed by atoms with van der Waals surface area (Å²) < 4.78 is 2.20. The fraction of sp³-hybridized carbons (Fsp3) is 0.818. The van der Waals surface area contributed by atoms with E-state index in [1.54, 1.807) is 0 Å². The van der Waals surface area contributed by atoms with Gasteiger partial charge in [-0.1, -0.05) is 0 Å². The van der Waals surface area contributed by atoms with Crippen molar-refractivity contribution in [2.24, 2.45) is 0 Å². The lowest BCUT2D eigenvalue weighted by molar-refractivity contribution is 0.358. The maximum atomic E-state index is 4.28. The van der Waals surface area contributed by atoms with Crippen molar-refractivity contribution in [3.63, 3.8) is 0 Å². The van der Waals surface area contributed by atoms with Gasteiger partial charge < -0.3 is 9.88 Å². The minimum absolute atomic E-state index is 0.459. The Labute approximate surface area is 91.1 Å². The molecule has 1 aliphatic rings. The molecule has 0 aliphatic carbocycles. The first-order chi connectivity index (χ1) is 7.18. The van der Waals surface area contributed by atoms with Crippen LogP contribution in [0.25, 0.3) is 0 Å². The second-order valence-electron chi connectivity index (χ2n) is 4.77. The van der Waals surface area contributed by atoms with Crippen LogP contribution in [-0.4, -0.2) is 27.4 Å². The Balaban J connectivity index is 2.17. The Kier molecular flexibility index (Phi) is 3.05. The van der Waals surface area contributed by atoms with Crippen LogP contribution in [-0.2, 0) is 0 Å². The molecule has 2 atom stereocenters. The zero-order chi connectivity index (χ0) is 10.8. The maximum Gasteiger partial charge on any atom is 0.136 e. The third-order valence-electron chi connectivity index (χ3n) is 3.15. The average Bonchev–Trinajstić information content (AvgIpc) is 2.65. The van der Waals surface area contributed by atoms with Gasteiger partial charge in [-0.3, -0.25) is 0 Å². The normalized spacial score (nSPS) is 27.2. The van der Waals surface area contributed by atoms with Crippen LogP contribution in [0.15, 0.2) is 6.33 Å². The molecule has 1 fully saturated rings. The Morgan fingerprint density at radius 2 is 2.33 bits per heavy atom. The van der Waals surface area contributed by atoms with Crippen molar-refractivity contribution in [2.75, 3.05) is 6.54 Å². The summed E-state index contributed by atoms with van der Waals surface area (Å²) in [5, 5.41) is 11.8. The van der Waals surface area contributed by atoms with Crippen LogP contribution in [0.1, 0.15) is 51.4 Å². The molecule has 1 N–H and O–H groups in total. The van der Waals surface area contributed by atoms with Crippen molar-refractivity contribution in [1.29, 1.82) is 0 Å². The van der Waals surface area contributed by atoms with Gasteiger partial charge in [0.25, 0.3) is 0 Å². The van der Waals surface area contributed by atoms with E-state index in [1.165, 1.54) is 18.7 Å². The molecule has 0 bridgehead atoms. The lowest BCUT2D eigenvalue weighted by Crippen LogP contribution is -2.35. The summed E-state index contributed by atoms with van der Waals surface area (Å²) in [5.74, 6) is 1.74. The predicted molar refractivity (Wildman–Crippen MR) is 59.8 cm³/mol. The fourth-order valence-corrected chi connectivity index (χ4v) is 2.31. The first-order valence-corrected chi connectivity index (χ1v) is 5.81. The Morgan fingerprint density at radius 3 is 3.00 bits per heavy atom. The molecule has 1 saturated heterocycles. The van der Waals surface area contributed by atoms with E-state index in [4.69, 9.17) is 0 Å². The highest BCUT2D eigenvalue weighted by Crippen LogP contribution is 2.27. The topological polar surface area (TPSA) is 42.7 Å². The second-order valence-corrected chi connectivity index (χ2v) is 4.77. The van der Waals surface area contributed by atoms with Crippen molar-refractivity contribution in [2.45, 2.75) is 51.6 Å². The number of hydrogen-bond acceptors (Lipinski definition) is 3. The highest BCUT2D eigenvalue weighted by molar-refractivity contribution is 5.01. The average molecular weight is 208 g/mol. The molecule has 2 heterocycles. The summed E-state index contributed by atoms with van der Waals surface area (Å²) in [7, 11) is 0. The van der Waals surface area contributed by atoms with Gasteiger partial charge in [-0.2, -0.15) is 0 Å². The minimum atomic E-state index is 0.459. The van der Waals surface area contributed by atoms with Gasteiger partial charge in [0, 0.05) is 18.0 Å². The van der Waals surface area contributed by atoms with E-state index in [0.29, 0.717) is 18.0 Å². The zero-order valence-corrected chi connectivity index (χ0v) is 9.77. The molecular formula is C11H20N4. The predicted octanol–water partition coefficient (Wildman–Crippen LogP) is 1.71. The fourth-order valence-electron chi connectivity index (χ4n) is 2.31. The summed E-state index contributed by atoms with van der Waals surface area (Å²) >= 11 is 0. The molecular weight excluding hydrogens is 188 g/mol. The highest BCUT2D eigenvalue weighted by Gasteiger charge is 2.24. The van der Waals surface area contributed by atoms with Crippen molar-refractivity contribution in [1.82, 2.24) is 20.1 Å². The van der Waals surface area contributed by atoms with E-state index in [-0.39, 0.29) is 0 Å². The smallest absolute Gasteiger partial charge is 0.136 e. The van der Waals surface area contributed by atoms with Crippen LogP contribution < -0.4 is 5.32 Å². The molecule has 4 heteroatoms. The molecule has 0 radical (unpaired) electrons. The number of nitrogens with zero attached hydrogens (tertiary/aromatic N) is 3. The Morgan fingerprint density at radius 1 is 1.53 bits per heavy atom. The summed E-state index contributed by atoms with van der Waals surface area (Å²) in [6.07, 6.45) is 4.20. The lowest BCUT2D eigenvalue weighted by Gasteiger charge is -2.28. The van der Waals surface area contributed by atoms with Crippen LogP contribution in [0.5, 0.6) is 0 Å². The van der Waals surface area contributed by atoms with Crippen molar-refractivity contribution >= 4 is 0 Å². The van der Waals surface area contributed by atoms with E-state index in [2.05, 4.69) is 40.9 Å². The summed E-state index contributed by atoms with van der Waals surface area (Å²) in [6, 6.07) is 1.06. The van der Waals surface area contributed by atoms with E-state index in [9.17, 15) is 0 Å².